The molecule has 0 spiro atoms. The van der Waals surface area contributed by atoms with Gasteiger partial charge in [-0.15, -0.1) is 0 Å². The van der Waals surface area contributed by atoms with E-state index in [0.29, 0.717) is 18.7 Å². The van der Waals surface area contributed by atoms with Gasteiger partial charge in [0.1, 0.15) is 6.20 Å². The van der Waals surface area contributed by atoms with Crippen molar-refractivity contribution >= 4 is 45.9 Å². The molecule has 1 unspecified atom stereocenters. The zero-order chi connectivity index (χ0) is 15.6. The largest absolute Gasteiger partial charge is 0.295 e. The molecule has 9 heteroatoms. The second-order valence-electron chi connectivity index (χ2n) is 4.63. The van der Waals surface area contributed by atoms with Crippen LogP contribution in [0, 0.1) is 16.0 Å². The normalized spacial score (nSPS) is 18.1. The number of rotatable bonds is 4. The van der Waals surface area contributed by atoms with Crippen molar-refractivity contribution in [3.63, 3.8) is 0 Å². The lowest BCUT2D eigenvalue weighted by Gasteiger charge is -2.16. The zero-order valence-corrected chi connectivity index (χ0v) is 12.7. The van der Waals surface area contributed by atoms with E-state index in [1.807, 2.05) is 0 Å². The fraction of sp³-hybridized carbons (Fsp3) is 0.417. The maximum atomic E-state index is 12.0. The summed E-state index contributed by atoms with van der Waals surface area (Å²) in [6, 6.07) is 1.18. The van der Waals surface area contributed by atoms with Gasteiger partial charge < -0.3 is 0 Å². The molecule has 7 nitrogen and oxygen atoms in total. The van der Waals surface area contributed by atoms with Crippen molar-refractivity contribution in [3.05, 3.63) is 27.4 Å². The molecule has 2 rings (SSSR count). The average molecular weight is 330 g/mol. The van der Waals surface area contributed by atoms with Crippen LogP contribution in [0.15, 0.2) is 12.3 Å². The van der Waals surface area contributed by atoms with Crippen LogP contribution < -0.4 is 4.90 Å². The van der Waals surface area contributed by atoms with E-state index >= 15 is 0 Å². The van der Waals surface area contributed by atoms with Crippen LogP contribution in [-0.4, -0.2) is 33.2 Å². The highest BCUT2D eigenvalue weighted by molar-refractivity contribution is 8.13. The minimum atomic E-state index is -0.596. The molecule has 0 radical (unpaired) electrons. The SMILES string of the molecule is CC(=O)SCC1CC(=O)N(c2ncc([N+](=O)[O-])cc2Cl)C1. The van der Waals surface area contributed by atoms with Crippen molar-refractivity contribution in [3.8, 4) is 0 Å². The zero-order valence-electron chi connectivity index (χ0n) is 11.1. The number of hydrogen-bond acceptors (Lipinski definition) is 6. The van der Waals surface area contributed by atoms with E-state index in [0.717, 1.165) is 6.20 Å². The molecule has 112 valence electrons. The summed E-state index contributed by atoms with van der Waals surface area (Å²) in [5.74, 6) is 0.678. The van der Waals surface area contributed by atoms with Gasteiger partial charge in [-0.25, -0.2) is 4.98 Å². The van der Waals surface area contributed by atoms with Gasteiger partial charge >= 0.3 is 0 Å². The Balaban J connectivity index is 2.13. The van der Waals surface area contributed by atoms with Gasteiger partial charge in [0.15, 0.2) is 10.9 Å². The molecule has 1 aromatic heterocycles. The third-order valence-electron chi connectivity index (χ3n) is 3.00. The second kappa shape index (κ2) is 6.40. The summed E-state index contributed by atoms with van der Waals surface area (Å²) in [5.41, 5.74) is -0.223. The maximum Gasteiger partial charge on any atom is 0.289 e. The quantitative estimate of drug-likeness (QED) is 0.621. The molecule has 1 fully saturated rings. The lowest BCUT2D eigenvalue weighted by atomic mass is 10.1. The Morgan fingerprint density at radius 2 is 2.38 bits per heavy atom. The summed E-state index contributed by atoms with van der Waals surface area (Å²) in [4.78, 5) is 38.3. The second-order valence-corrected chi connectivity index (χ2v) is 6.24. The number of amides is 1. The Bertz CT molecular complexity index is 610. The van der Waals surface area contributed by atoms with Gasteiger partial charge in [-0.1, -0.05) is 23.4 Å². The van der Waals surface area contributed by atoms with Gasteiger partial charge in [0.25, 0.3) is 5.69 Å². The maximum absolute atomic E-state index is 12.0. The Labute approximate surface area is 129 Å². The van der Waals surface area contributed by atoms with Crippen molar-refractivity contribution in [2.45, 2.75) is 13.3 Å². The van der Waals surface area contributed by atoms with Gasteiger partial charge in [0, 0.05) is 31.7 Å². The molecule has 1 aliphatic heterocycles. The van der Waals surface area contributed by atoms with Crippen LogP contribution in [0.25, 0.3) is 0 Å². The van der Waals surface area contributed by atoms with E-state index in [9.17, 15) is 19.7 Å². The number of carbonyl (C=O) groups is 2. The smallest absolute Gasteiger partial charge is 0.289 e. The summed E-state index contributed by atoms with van der Waals surface area (Å²) in [6.45, 7) is 1.89. The first kappa shape index (κ1) is 15.7. The lowest BCUT2D eigenvalue weighted by molar-refractivity contribution is -0.385. The molecule has 1 saturated heterocycles. The van der Waals surface area contributed by atoms with Crippen LogP contribution in [0.1, 0.15) is 13.3 Å². The van der Waals surface area contributed by atoms with E-state index in [-0.39, 0.29) is 33.5 Å². The monoisotopic (exact) mass is 329 g/mol. The van der Waals surface area contributed by atoms with Crippen LogP contribution in [0.4, 0.5) is 11.5 Å². The highest BCUT2D eigenvalue weighted by Gasteiger charge is 2.33. The first-order valence-electron chi connectivity index (χ1n) is 6.12. The summed E-state index contributed by atoms with van der Waals surface area (Å²) in [6.07, 6.45) is 1.39. The van der Waals surface area contributed by atoms with E-state index < -0.39 is 4.92 Å². The third kappa shape index (κ3) is 3.70. The van der Waals surface area contributed by atoms with Crippen LogP contribution in [0.3, 0.4) is 0 Å². The van der Waals surface area contributed by atoms with Gasteiger partial charge in [0.05, 0.1) is 9.95 Å². The Kier molecular flexibility index (Phi) is 4.79. The Morgan fingerprint density at radius 1 is 1.67 bits per heavy atom. The molecule has 21 heavy (non-hydrogen) atoms. The molecule has 0 N–H and O–H groups in total. The first-order valence-corrected chi connectivity index (χ1v) is 7.48. The van der Waals surface area contributed by atoms with E-state index in [2.05, 4.69) is 4.98 Å². The predicted octanol–water partition coefficient (Wildman–Crippen LogP) is 2.28. The number of thioether (sulfide) groups is 1. The van der Waals surface area contributed by atoms with Crippen molar-refractivity contribution in [1.82, 2.24) is 4.98 Å². The van der Waals surface area contributed by atoms with Crippen molar-refractivity contribution in [2.75, 3.05) is 17.2 Å². The number of nitrogens with zero attached hydrogens (tertiary/aromatic N) is 3. The van der Waals surface area contributed by atoms with Gasteiger partial charge in [-0.3, -0.25) is 24.6 Å². The van der Waals surface area contributed by atoms with Crippen LogP contribution in [-0.2, 0) is 9.59 Å². The molecule has 2 heterocycles. The van der Waals surface area contributed by atoms with Crippen molar-refractivity contribution in [2.24, 2.45) is 5.92 Å². The molecule has 1 atom stereocenters. The highest BCUT2D eigenvalue weighted by atomic mass is 35.5. The summed E-state index contributed by atoms with van der Waals surface area (Å²) in [7, 11) is 0. The van der Waals surface area contributed by atoms with Crippen LogP contribution in [0.2, 0.25) is 5.02 Å². The van der Waals surface area contributed by atoms with Gasteiger partial charge in [-0.05, 0) is 5.92 Å². The van der Waals surface area contributed by atoms with Gasteiger partial charge in [0.2, 0.25) is 5.91 Å². The fourth-order valence-corrected chi connectivity index (χ4v) is 3.01. The molecular weight excluding hydrogens is 318 g/mol. The number of anilines is 1. The van der Waals surface area contributed by atoms with Crippen molar-refractivity contribution < 1.29 is 14.5 Å². The lowest BCUT2D eigenvalue weighted by Crippen LogP contribution is -2.26. The molecule has 0 aliphatic carbocycles. The molecule has 0 saturated carbocycles. The van der Waals surface area contributed by atoms with E-state index in [1.54, 1.807) is 0 Å². The summed E-state index contributed by atoms with van der Waals surface area (Å²) in [5, 5.41) is 10.7. The molecule has 1 aromatic rings. The number of hydrogen-bond donors (Lipinski definition) is 0. The number of nitro groups is 1. The van der Waals surface area contributed by atoms with Crippen LogP contribution >= 0.6 is 23.4 Å². The third-order valence-corrected chi connectivity index (χ3v) is 4.32. The number of aromatic nitrogens is 1. The molecule has 1 aliphatic rings. The Morgan fingerprint density at radius 3 is 2.95 bits per heavy atom. The molecule has 0 aromatic carbocycles. The molecule has 1 amide bonds. The topological polar surface area (TPSA) is 93.4 Å². The predicted molar refractivity (Wildman–Crippen MR) is 79.5 cm³/mol. The highest BCUT2D eigenvalue weighted by Crippen LogP contribution is 2.32. The fourth-order valence-electron chi connectivity index (χ4n) is 2.05. The number of pyridine rings is 1. The number of halogens is 1. The molecular formula is C12H12ClN3O4S. The van der Waals surface area contributed by atoms with Crippen molar-refractivity contribution in [1.29, 1.82) is 0 Å². The minimum Gasteiger partial charge on any atom is -0.295 e. The standard InChI is InChI=1S/C12H12ClN3O4S/c1-7(17)21-6-8-2-11(18)15(5-8)12-10(13)3-9(4-14-12)16(19)20/h3-4,8H,2,5-6H2,1H3. The van der Waals surface area contributed by atoms with E-state index in [4.69, 9.17) is 11.6 Å². The average Bonchev–Trinajstić information content (AvgIpc) is 2.77. The van der Waals surface area contributed by atoms with Crippen LogP contribution in [0.5, 0.6) is 0 Å². The van der Waals surface area contributed by atoms with Gasteiger partial charge in [-0.2, -0.15) is 0 Å². The minimum absolute atomic E-state index is 0.00684. The molecule has 0 bridgehead atoms. The number of carbonyl (C=O) groups excluding carboxylic acids is 2. The summed E-state index contributed by atoms with van der Waals surface area (Å²) < 4.78 is 0. The summed E-state index contributed by atoms with van der Waals surface area (Å²) >= 11 is 7.15. The van der Waals surface area contributed by atoms with E-state index in [1.165, 1.54) is 29.7 Å². The Hall–Kier alpha value is -1.67. The first-order chi connectivity index (χ1) is 9.88.